The van der Waals surface area contributed by atoms with Gasteiger partial charge in [-0.1, -0.05) is 18.2 Å². The molecule has 1 aromatic rings. The van der Waals surface area contributed by atoms with Crippen LogP contribution in [0.4, 0.5) is 10.5 Å². The number of nitrogens with zero attached hydrogens (tertiary/aromatic N) is 2. The third-order valence-electron chi connectivity index (χ3n) is 4.57. The van der Waals surface area contributed by atoms with E-state index < -0.39 is 6.09 Å². The quantitative estimate of drug-likeness (QED) is 0.902. The van der Waals surface area contributed by atoms with Crippen molar-refractivity contribution in [2.75, 3.05) is 31.1 Å². The molecule has 4 heteroatoms. The third-order valence-corrected chi connectivity index (χ3v) is 4.57. The summed E-state index contributed by atoms with van der Waals surface area (Å²) >= 11 is 0. The van der Waals surface area contributed by atoms with Crippen LogP contribution in [0.15, 0.2) is 24.3 Å². The predicted molar refractivity (Wildman–Crippen MR) is 79.3 cm³/mol. The largest absolute Gasteiger partial charge is 0.465 e. The third kappa shape index (κ3) is 2.74. The molecule has 2 heterocycles. The number of carboxylic acid groups (broad SMARTS) is 1. The van der Waals surface area contributed by atoms with Crippen molar-refractivity contribution >= 4 is 11.8 Å². The van der Waals surface area contributed by atoms with Crippen LogP contribution in [-0.4, -0.2) is 42.3 Å². The SMILES string of the molecule is O=C(O)N1CCC(CN2CCCc3ccccc32)CC1. The van der Waals surface area contributed by atoms with Gasteiger partial charge in [0.05, 0.1) is 0 Å². The Morgan fingerprint density at radius 3 is 2.70 bits per heavy atom. The van der Waals surface area contributed by atoms with Crippen LogP contribution in [0.5, 0.6) is 0 Å². The molecule has 0 aromatic heterocycles. The van der Waals surface area contributed by atoms with Crippen molar-refractivity contribution in [3.63, 3.8) is 0 Å². The van der Waals surface area contributed by atoms with Crippen molar-refractivity contribution < 1.29 is 9.90 Å². The first-order valence-corrected chi connectivity index (χ1v) is 7.55. The van der Waals surface area contributed by atoms with Crippen LogP contribution in [-0.2, 0) is 6.42 Å². The molecule has 0 aliphatic carbocycles. The maximum absolute atomic E-state index is 10.9. The van der Waals surface area contributed by atoms with Gasteiger partial charge in [-0.25, -0.2) is 4.79 Å². The van der Waals surface area contributed by atoms with E-state index in [0.29, 0.717) is 19.0 Å². The van der Waals surface area contributed by atoms with E-state index in [0.717, 1.165) is 25.9 Å². The number of benzene rings is 1. The summed E-state index contributed by atoms with van der Waals surface area (Å²) in [5, 5.41) is 8.99. The molecule has 1 aromatic carbocycles. The average Bonchev–Trinajstić information content (AvgIpc) is 2.48. The number of fused-ring (bicyclic) bond motifs is 1. The molecular formula is C16H22N2O2. The average molecular weight is 274 g/mol. The molecule has 0 atom stereocenters. The van der Waals surface area contributed by atoms with Gasteiger partial charge in [0.25, 0.3) is 0 Å². The molecule has 108 valence electrons. The standard InChI is InChI=1S/C16H22N2O2/c19-16(20)17-10-7-13(8-11-17)12-18-9-3-5-14-4-1-2-6-15(14)18/h1-2,4,6,13H,3,5,7-12H2,(H,19,20). The number of hydrogen-bond acceptors (Lipinski definition) is 2. The molecule has 0 radical (unpaired) electrons. The number of para-hydroxylation sites is 1. The molecule has 1 saturated heterocycles. The number of hydrogen-bond donors (Lipinski definition) is 1. The second kappa shape index (κ2) is 5.73. The number of rotatable bonds is 2. The zero-order valence-electron chi connectivity index (χ0n) is 11.8. The number of piperidine rings is 1. The molecule has 4 nitrogen and oxygen atoms in total. The summed E-state index contributed by atoms with van der Waals surface area (Å²) in [5.41, 5.74) is 2.85. The van der Waals surface area contributed by atoms with Crippen LogP contribution in [0.3, 0.4) is 0 Å². The number of anilines is 1. The lowest BCUT2D eigenvalue weighted by Crippen LogP contribution is -2.42. The number of amides is 1. The molecule has 1 fully saturated rings. The van der Waals surface area contributed by atoms with Gasteiger partial charge in [0.1, 0.15) is 0 Å². The van der Waals surface area contributed by atoms with Crippen molar-refractivity contribution in [1.29, 1.82) is 0 Å². The normalized spacial score (nSPS) is 19.8. The van der Waals surface area contributed by atoms with Gasteiger partial charge in [-0.2, -0.15) is 0 Å². The van der Waals surface area contributed by atoms with E-state index in [2.05, 4.69) is 29.2 Å². The van der Waals surface area contributed by atoms with E-state index in [1.165, 1.54) is 24.1 Å². The molecule has 0 unspecified atom stereocenters. The maximum atomic E-state index is 10.9. The van der Waals surface area contributed by atoms with Crippen molar-refractivity contribution in [3.8, 4) is 0 Å². The van der Waals surface area contributed by atoms with E-state index in [9.17, 15) is 4.79 Å². The van der Waals surface area contributed by atoms with Gasteiger partial charge < -0.3 is 14.9 Å². The highest BCUT2D eigenvalue weighted by Gasteiger charge is 2.25. The Morgan fingerprint density at radius 1 is 1.20 bits per heavy atom. The van der Waals surface area contributed by atoms with E-state index in [4.69, 9.17) is 5.11 Å². The predicted octanol–water partition coefficient (Wildman–Crippen LogP) is 2.83. The van der Waals surface area contributed by atoms with E-state index in [1.54, 1.807) is 4.90 Å². The lowest BCUT2D eigenvalue weighted by atomic mass is 9.94. The number of likely N-dealkylation sites (tertiary alicyclic amines) is 1. The first-order valence-electron chi connectivity index (χ1n) is 7.55. The van der Waals surface area contributed by atoms with Crippen molar-refractivity contribution in [1.82, 2.24) is 4.90 Å². The van der Waals surface area contributed by atoms with Crippen LogP contribution in [0.1, 0.15) is 24.8 Å². The van der Waals surface area contributed by atoms with Gasteiger partial charge in [-0.15, -0.1) is 0 Å². The first-order chi connectivity index (χ1) is 9.74. The lowest BCUT2D eigenvalue weighted by Gasteiger charge is -2.37. The monoisotopic (exact) mass is 274 g/mol. The maximum Gasteiger partial charge on any atom is 0.407 e. The Kier molecular flexibility index (Phi) is 3.81. The Labute approximate surface area is 120 Å². The molecule has 20 heavy (non-hydrogen) atoms. The van der Waals surface area contributed by atoms with E-state index in [1.807, 2.05) is 0 Å². The minimum Gasteiger partial charge on any atom is -0.465 e. The van der Waals surface area contributed by atoms with Gasteiger partial charge in [0.2, 0.25) is 0 Å². The Balaban J connectivity index is 1.61. The summed E-state index contributed by atoms with van der Waals surface area (Å²) in [6.07, 6.45) is 3.62. The highest BCUT2D eigenvalue weighted by molar-refractivity contribution is 5.65. The Bertz CT molecular complexity index is 481. The molecule has 1 amide bonds. The number of carbonyl (C=O) groups is 1. The summed E-state index contributed by atoms with van der Waals surface area (Å²) in [6.45, 7) is 3.59. The second-order valence-corrected chi connectivity index (χ2v) is 5.89. The smallest absolute Gasteiger partial charge is 0.407 e. The highest BCUT2D eigenvalue weighted by Crippen LogP contribution is 2.29. The topological polar surface area (TPSA) is 43.8 Å². The van der Waals surface area contributed by atoms with Gasteiger partial charge >= 0.3 is 6.09 Å². The van der Waals surface area contributed by atoms with Crippen LogP contribution in [0, 0.1) is 5.92 Å². The highest BCUT2D eigenvalue weighted by atomic mass is 16.4. The minimum absolute atomic E-state index is 0.622. The summed E-state index contributed by atoms with van der Waals surface area (Å²) in [6, 6.07) is 8.69. The van der Waals surface area contributed by atoms with Gasteiger partial charge in [-0.05, 0) is 43.2 Å². The zero-order chi connectivity index (χ0) is 13.9. The summed E-state index contributed by atoms with van der Waals surface area (Å²) < 4.78 is 0. The molecular weight excluding hydrogens is 252 g/mol. The molecule has 3 rings (SSSR count). The van der Waals surface area contributed by atoms with Gasteiger partial charge in [0.15, 0.2) is 0 Å². The minimum atomic E-state index is -0.772. The van der Waals surface area contributed by atoms with Crippen LogP contribution in [0.2, 0.25) is 0 Å². The fourth-order valence-electron chi connectivity index (χ4n) is 3.42. The van der Waals surface area contributed by atoms with Crippen molar-refractivity contribution in [2.45, 2.75) is 25.7 Å². The fourth-order valence-corrected chi connectivity index (χ4v) is 3.42. The van der Waals surface area contributed by atoms with Crippen LogP contribution in [0.25, 0.3) is 0 Å². The lowest BCUT2D eigenvalue weighted by molar-refractivity contribution is 0.125. The number of aryl methyl sites for hydroxylation is 1. The summed E-state index contributed by atoms with van der Waals surface area (Å²) in [7, 11) is 0. The van der Waals surface area contributed by atoms with E-state index >= 15 is 0 Å². The molecule has 2 aliphatic rings. The molecule has 0 bridgehead atoms. The zero-order valence-corrected chi connectivity index (χ0v) is 11.8. The van der Waals surface area contributed by atoms with E-state index in [-0.39, 0.29) is 0 Å². The molecule has 0 saturated carbocycles. The van der Waals surface area contributed by atoms with Crippen molar-refractivity contribution in [3.05, 3.63) is 29.8 Å². The van der Waals surface area contributed by atoms with Gasteiger partial charge in [0, 0.05) is 31.9 Å². The molecule has 0 spiro atoms. The van der Waals surface area contributed by atoms with Crippen molar-refractivity contribution in [2.24, 2.45) is 5.92 Å². The summed E-state index contributed by atoms with van der Waals surface area (Å²) in [4.78, 5) is 15.0. The van der Waals surface area contributed by atoms with Crippen LogP contribution >= 0.6 is 0 Å². The Hall–Kier alpha value is -1.71. The first kappa shape index (κ1) is 13.3. The Morgan fingerprint density at radius 2 is 1.95 bits per heavy atom. The second-order valence-electron chi connectivity index (χ2n) is 5.89. The van der Waals surface area contributed by atoms with Gasteiger partial charge in [-0.3, -0.25) is 0 Å². The van der Waals surface area contributed by atoms with Crippen LogP contribution < -0.4 is 4.90 Å². The summed E-state index contributed by atoms with van der Waals surface area (Å²) in [5.74, 6) is 0.622. The fraction of sp³-hybridized carbons (Fsp3) is 0.562. The molecule has 2 aliphatic heterocycles. The molecule has 1 N–H and O–H groups in total.